The largest absolute Gasteiger partial charge is 0.384 e. The van der Waals surface area contributed by atoms with Gasteiger partial charge in [-0.3, -0.25) is 14.5 Å². The Morgan fingerprint density at radius 1 is 1.11 bits per heavy atom. The number of amides is 2. The molecule has 0 aliphatic carbocycles. The van der Waals surface area contributed by atoms with Gasteiger partial charge < -0.3 is 20.3 Å². The summed E-state index contributed by atoms with van der Waals surface area (Å²) in [6, 6.07) is 9.48. The number of carbonyl (C=O) groups is 2. The number of piperazine rings is 1. The average Bonchev–Trinajstić information content (AvgIpc) is 2.70. The molecule has 0 radical (unpaired) electrons. The van der Waals surface area contributed by atoms with Gasteiger partial charge in [0.25, 0.3) is 0 Å². The Bertz CT molecular complexity index is 618. The minimum Gasteiger partial charge on any atom is -0.384 e. The summed E-state index contributed by atoms with van der Waals surface area (Å²) in [4.78, 5) is 29.4. The van der Waals surface area contributed by atoms with E-state index >= 15 is 0 Å². The molecule has 7 nitrogen and oxygen atoms in total. The number of methoxy groups -OCH3 is 1. The molecule has 1 aromatic rings. The molecular weight excluding hydrogens is 344 g/mol. The zero-order valence-electron chi connectivity index (χ0n) is 16.1. The van der Waals surface area contributed by atoms with E-state index in [1.807, 2.05) is 35.2 Å². The fraction of sp³-hybridized carbons (Fsp3) is 0.600. The predicted molar refractivity (Wildman–Crippen MR) is 105 cm³/mol. The summed E-state index contributed by atoms with van der Waals surface area (Å²) in [5, 5.41) is 6.24. The highest BCUT2D eigenvalue weighted by Crippen LogP contribution is 2.32. The molecule has 3 rings (SSSR count). The Hall–Kier alpha value is -1.96. The lowest BCUT2D eigenvalue weighted by Gasteiger charge is -2.42. The number of carbonyl (C=O) groups excluding carboxylic acids is 2. The van der Waals surface area contributed by atoms with Crippen LogP contribution in [0.5, 0.6) is 0 Å². The summed E-state index contributed by atoms with van der Waals surface area (Å²) in [7, 11) is 1.67. The number of hydrogen-bond donors (Lipinski definition) is 2. The first kappa shape index (κ1) is 19.8. The molecule has 27 heavy (non-hydrogen) atoms. The summed E-state index contributed by atoms with van der Waals surface area (Å²) < 4.78 is 5.39. The van der Waals surface area contributed by atoms with E-state index in [0.717, 1.165) is 44.7 Å². The van der Waals surface area contributed by atoms with E-state index in [1.54, 1.807) is 7.11 Å². The minimum absolute atomic E-state index is 0.0183. The number of rotatable bonds is 6. The summed E-state index contributed by atoms with van der Waals surface area (Å²) >= 11 is 0. The maximum atomic E-state index is 13.2. The van der Waals surface area contributed by atoms with E-state index in [-0.39, 0.29) is 11.8 Å². The van der Waals surface area contributed by atoms with Gasteiger partial charge in [0.05, 0.1) is 18.6 Å². The molecule has 2 N–H and O–H groups in total. The van der Waals surface area contributed by atoms with Gasteiger partial charge >= 0.3 is 0 Å². The Kier molecular flexibility index (Phi) is 6.82. The van der Waals surface area contributed by atoms with Crippen LogP contribution < -0.4 is 10.6 Å². The van der Waals surface area contributed by atoms with Crippen LogP contribution in [0.4, 0.5) is 5.69 Å². The summed E-state index contributed by atoms with van der Waals surface area (Å²) in [6.07, 6.45) is 1.64. The van der Waals surface area contributed by atoms with Crippen LogP contribution in [-0.2, 0) is 14.3 Å². The third kappa shape index (κ3) is 5.06. The van der Waals surface area contributed by atoms with Crippen molar-refractivity contribution in [2.75, 3.05) is 64.8 Å². The summed E-state index contributed by atoms with van der Waals surface area (Å²) in [5.74, 6) is 0.189. The molecule has 2 saturated heterocycles. The molecule has 2 aliphatic rings. The second-order valence-electron chi connectivity index (χ2n) is 7.45. The van der Waals surface area contributed by atoms with Crippen LogP contribution in [0.3, 0.4) is 0 Å². The Labute approximate surface area is 161 Å². The number of benzene rings is 1. The van der Waals surface area contributed by atoms with Gasteiger partial charge in [-0.15, -0.1) is 0 Å². The second-order valence-corrected chi connectivity index (χ2v) is 7.45. The van der Waals surface area contributed by atoms with Gasteiger partial charge in [0.1, 0.15) is 0 Å². The highest BCUT2D eigenvalue weighted by molar-refractivity contribution is 5.92. The maximum Gasteiger partial charge on any atom is 0.238 e. The monoisotopic (exact) mass is 374 g/mol. The lowest BCUT2D eigenvalue weighted by Crippen LogP contribution is -2.57. The molecule has 2 aliphatic heterocycles. The third-order valence-electron chi connectivity index (χ3n) is 5.52. The van der Waals surface area contributed by atoms with E-state index in [1.165, 1.54) is 0 Å². The van der Waals surface area contributed by atoms with Crippen LogP contribution >= 0.6 is 0 Å². The molecule has 2 fully saturated rings. The number of ether oxygens (including phenoxy) is 1. The standard InChI is InChI=1S/C20H30N4O3/c1-27-16-20(7-9-21-10-8-20)19(26)24-13-11-23(12-14-24)15-18(25)22-17-5-3-2-4-6-17/h2-6,21H,7-16H2,1H3,(H,22,25). The van der Waals surface area contributed by atoms with E-state index in [2.05, 4.69) is 15.5 Å². The van der Waals surface area contributed by atoms with E-state index < -0.39 is 5.41 Å². The van der Waals surface area contributed by atoms with E-state index in [9.17, 15) is 9.59 Å². The molecule has 148 valence electrons. The highest BCUT2D eigenvalue weighted by atomic mass is 16.5. The smallest absolute Gasteiger partial charge is 0.238 e. The SMILES string of the molecule is COCC1(C(=O)N2CCN(CC(=O)Nc3ccccc3)CC2)CCNCC1. The first-order valence-corrected chi connectivity index (χ1v) is 9.69. The molecule has 0 spiro atoms. The molecule has 0 bridgehead atoms. The van der Waals surface area contributed by atoms with Crippen LogP contribution in [0.1, 0.15) is 12.8 Å². The van der Waals surface area contributed by atoms with Crippen molar-refractivity contribution in [3.05, 3.63) is 30.3 Å². The van der Waals surface area contributed by atoms with Gasteiger partial charge in [-0.2, -0.15) is 0 Å². The van der Waals surface area contributed by atoms with Crippen molar-refractivity contribution in [1.29, 1.82) is 0 Å². The van der Waals surface area contributed by atoms with Crippen molar-refractivity contribution in [2.45, 2.75) is 12.8 Å². The maximum absolute atomic E-state index is 13.2. The summed E-state index contributed by atoms with van der Waals surface area (Å²) in [6.45, 7) is 5.30. The van der Waals surface area contributed by atoms with Crippen LogP contribution in [0, 0.1) is 5.41 Å². The Morgan fingerprint density at radius 3 is 2.41 bits per heavy atom. The van der Waals surface area contributed by atoms with Gasteiger partial charge in [-0.25, -0.2) is 0 Å². The van der Waals surface area contributed by atoms with Gasteiger partial charge in [0.15, 0.2) is 0 Å². The van der Waals surface area contributed by atoms with Crippen LogP contribution in [0.2, 0.25) is 0 Å². The number of nitrogens with zero attached hydrogens (tertiary/aromatic N) is 2. The van der Waals surface area contributed by atoms with Gasteiger partial charge in [0.2, 0.25) is 11.8 Å². The molecule has 2 amide bonds. The Balaban J connectivity index is 1.49. The molecule has 7 heteroatoms. The van der Waals surface area contributed by atoms with Crippen LogP contribution in [0.25, 0.3) is 0 Å². The zero-order valence-corrected chi connectivity index (χ0v) is 16.1. The van der Waals surface area contributed by atoms with E-state index in [4.69, 9.17) is 4.74 Å². The molecule has 0 saturated carbocycles. The number of anilines is 1. The predicted octanol–water partition coefficient (Wildman–Crippen LogP) is 0.786. The quantitative estimate of drug-likeness (QED) is 0.770. The second kappa shape index (κ2) is 9.30. The van der Waals surface area contributed by atoms with Gasteiger partial charge in [-0.05, 0) is 38.1 Å². The lowest BCUT2D eigenvalue weighted by atomic mass is 9.78. The Morgan fingerprint density at radius 2 is 1.78 bits per heavy atom. The minimum atomic E-state index is -0.396. The average molecular weight is 374 g/mol. The number of nitrogens with one attached hydrogen (secondary N) is 2. The lowest BCUT2D eigenvalue weighted by molar-refractivity contribution is -0.149. The highest BCUT2D eigenvalue weighted by Gasteiger charge is 2.42. The van der Waals surface area contributed by atoms with Gasteiger partial charge in [0, 0.05) is 39.0 Å². The van der Waals surface area contributed by atoms with E-state index in [0.29, 0.717) is 26.2 Å². The first-order valence-electron chi connectivity index (χ1n) is 9.69. The molecule has 0 unspecified atom stereocenters. The zero-order chi connectivity index (χ0) is 19.1. The van der Waals surface area contributed by atoms with Crippen molar-refractivity contribution in [1.82, 2.24) is 15.1 Å². The molecular formula is C20H30N4O3. The normalized spacial score (nSPS) is 20.3. The topological polar surface area (TPSA) is 73.9 Å². The molecule has 0 atom stereocenters. The third-order valence-corrected chi connectivity index (χ3v) is 5.52. The van der Waals surface area contributed by atoms with Gasteiger partial charge in [-0.1, -0.05) is 18.2 Å². The number of hydrogen-bond acceptors (Lipinski definition) is 5. The number of para-hydroxylation sites is 1. The fourth-order valence-electron chi connectivity index (χ4n) is 3.97. The van der Waals surface area contributed by atoms with Crippen molar-refractivity contribution in [3.8, 4) is 0 Å². The van der Waals surface area contributed by atoms with Crippen molar-refractivity contribution < 1.29 is 14.3 Å². The van der Waals surface area contributed by atoms with Crippen molar-refractivity contribution in [2.24, 2.45) is 5.41 Å². The summed E-state index contributed by atoms with van der Waals surface area (Å²) in [5.41, 5.74) is 0.413. The molecule has 1 aromatic carbocycles. The molecule has 2 heterocycles. The van der Waals surface area contributed by atoms with Crippen LogP contribution in [0.15, 0.2) is 30.3 Å². The van der Waals surface area contributed by atoms with Crippen LogP contribution in [-0.4, -0.2) is 81.1 Å². The molecule has 0 aromatic heterocycles. The van der Waals surface area contributed by atoms with Crippen molar-refractivity contribution in [3.63, 3.8) is 0 Å². The fourth-order valence-corrected chi connectivity index (χ4v) is 3.97. The van der Waals surface area contributed by atoms with Crippen molar-refractivity contribution >= 4 is 17.5 Å². The number of piperidine rings is 1. The first-order chi connectivity index (χ1) is 13.1.